The largest absolute Gasteiger partial charge is 0.465 e. The first-order valence-electron chi connectivity index (χ1n) is 4.89. The van der Waals surface area contributed by atoms with Crippen LogP contribution in [0.25, 0.3) is 0 Å². The van der Waals surface area contributed by atoms with E-state index >= 15 is 0 Å². The number of carbonyl (C=O) groups is 2. The summed E-state index contributed by atoms with van der Waals surface area (Å²) in [5.74, 6) is -2.81. The van der Waals surface area contributed by atoms with Gasteiger partial charge in [-0.05, 0) is 6.42 Å². The van der Waals surface area contributed by atoms with Crippen LogP contribution in [0.1, 0.15) is 13.3 Å². The van der Waals surface area contributed by atoms with Crippen molar-refractivity contribution in [1.82, 2.24) is 10.6 Å². The lowest BCUT2D eigenvalue weighted by molar-refractivity contribution is -0.173. The molecule has 0 aliphatic rings. The highest BCUT2D eigenvalue weighted by molar-refractivity contribution is 5.85. The van der Waals surface area contributed by atoms with Gasteiger partial charge in [0.05, 0.1) is 12.0 Å². The van der Waals surface area contributed by atoms with Gasteiger partial charge in [0.15, 0.2) is 0 Å². The summed E-state index contributed by atoms with van der Waals surface area (Å²) >= 11 is 0. The number of hydrogen-bond acceptors (Lipinski definition) is 3. The van der Waals surface area contributed by atoms with Gasteiger partial charge in [0.1, 0.15) is 12.6 Å². The molecule has 0 spiro atoms. The molecule has 0 saturated heterocycles. The Labute approximate surface area is 101 Å². The van der Waals surface area contributed by atoms with Crippen LogP contribution in [-0.4, -0.2) is 35.9 Å². The Hall–Kier alpha value is -1.98. The lowest BCUT2D eigenvalue weighted by atomic mass is 10.0. The maximum atomic E-state index is 12.3. The number of amides is 2. The van der Waals surface area contributed by atoms with Gasteiger partial charge in [-0.2, -0.15) is 18.4 Å². The van der Waals surface area contributed by atoms with Crippen LogP contribution in [0.4, 0.5) is 18.0 Å². The number of nitriles is 1. The summed E-state index contributed by atoms with van der Waals surface area (Å²) in [4.78, 5) is 21.7. The number of halogens is 3. The van der Waals surface area contributed by atoms with E-state index in [2.05, 4.69) is 0 Å². The smallest absolute Gasteiger partial charge is 0.405 e. The minimum Gasteiger partial charge on any atom is -0.465 e. The summed E-state index contributed by atoms with van der Waals surface area (Å²) in [6.07, 6.45) is -6.86. The van der Waals surface area contributed by atoms with Gasteiger partial charge in [-0.3, -0.25) is 4.79 Å². The van der Waals surface area contributed by atoms with Gasteiger partial charge in [-0.25, -0.2) is 4.79 Å². The van der Waals surface area contributed by atoms with E-state index in [0.717, 1.165) is 6.92 Å². The van der Waals surface area contributed by atoms with Crippen molar-refractivity contribution in [3.05, 3.63) is 0 Å². The predicted octanol–water partition coefficient (Wildman–Crippen LogP) is 0.851. The van der Waals surface area contributed by atoms with Crippen molar-refractivity contribution in [2.75, 3.05) is 6.54 Å². The van der Waals surface area contributed by atoms with E-state index < -0.39 is 43.1 Å². The highest BCUT2D eigenvalue weighted by Crippen LogP contribution is 2.29. The molecule has 102 valence electrons. The lowest BCUT2D eigenvalue weighted by Gasteiger charge is -2.21. The fraction of sp³-hybridized carbons (Fsp3) is 0.667. The lowest BCUT2D eigenvalue weighted by Crippen LogP contribution is -2.48. The van der Waals surface area contributed by atoms with E-state index in [1.807, 2.05) is 5.32 Å². The Morgan fingerprint density at radius 1 is 1.44 bits per heavy atom. The second-order valence-electron chi connectivity index (χ2n) is 3.56. The molecule has 6 nitrogen and oxygen atoms in total. The zero-order valence-corrected chi connectivity index (χ0v) is 9.41. The normalized spacial score (nSPS) is 14.2. The molecule has 0 heterocycles. The first-order valence-corrected chi connectivity index (χ1v) is 4.89. The molecule has 2 atom stereocenters. The summed E-state index contributed by atoms with van der Waals surface area (Å²) in [6.45, 7) is 0.436. The molecular weight excluding hydrogens is 255 g/mol. The van der Waals surface area contributed by atoms with Crippen LogP contribution in [0.5, 0.6) is 0 Å². The van der Waals surface area contributed by atoms with Crippen molar-refractivity contribution >= 4 is 12.0 Å². The monoisotopic (exact) mass is 267 g/mol. The summed E-state index contributed by atoms with van der Waals surface area (Å²) in [7, 11) is 0. The molecule has 0 fully saturated rings. The van der Waals surface area contributed by atoms with Crippen LogP contribution in [-0.2, 0) is 4.79 Å². The van der Waals surface area contributed by atoms with Gasteiger partial charge < -0.3 is 15.7 Å². The molecule has 0 aliphatic heterocycles. The molecule has 2 amide bonds. The van der Waals surface area contributed by atoms with Gasteiger partial charge in [0.2, 0.25) is 5.91 Å². The van der Waals surface area contributed by atoms with Crippen LogP contribution in [0, 0.1) is 17.2 Å². The van der Waals surface area contributed by atoms with Crippen molar-refractivity contribution in [2.24, 2.45) is 5.92 Å². The molecule has 0 bridgehead atoms. The van der Waals surface area contributed by atoms with Crippen molar-refractivity contribution in [1.29, 1.82) is 5.26 Å². The first-order chi connectivity index (χ1) is 8.18. The molecule has 0 aliphatic carbocycles. The van der Waals surface area contributed by atoms with Crippen LogP contribution < -0.4 is 10.6 Å². The molecule has 0 aromatic carbocycles. The van der Waals surface area contributed by atoms with Crippen molar-refractivity contribution < 1.29 is 27.9 Å². The van der Waals surface area contributed by atoms with Crippen LogP contribution in [0.2, 0.25) is 0 Å². The van der Waals surface area contributed by atoms with E-state index in [1.54, 1.807) is 11.4 Å². The molecule has 0 aromatic rings. The van der Waals surface area contributed by atoms with Crippen LogP contribution >= 0.6 is 0 Å². The quantitative estimate of drug-likeness (QED) is 0.642. The average molecular weight is 267 g/mol. The highest BCUT2D eigenvalue weighted by Gasteiger charge is 2.39. The Kier molecular flexibility index (Phi) is 5.95. The number of nitrogens with zero attached hydrogens (tertiary/aromatic N) is 1. The zero-order valence-electron chi connectivity index (χ0n) is 9.41. The van der Waals surface area contributed by atoms with E-state index in [0.29, 0.717) is 0 Å². The predicted molar refractivity (Wildman–Crippen MR) is 53.4 cm³/mol. The molecule has 18 heavy (non-hydrogen) atoms. The molecule has 3 N–H and O–H groups in total. The standard InChI is InChI=1S/C9H12F3N3O3/c1-5(9(10,11)12)4-6(15-8(17)18)7(16)14-3-2-13/h5-6,15H,3-4H2,1H3,(H,14,16)(H,17,18). The molecule has 0 saturated carbocycles. The van der Waals surface area contributed by atoms with E-state index in [4.69, 9.17) is 10.4 Å². The summed E-state index contributed by atoms with van der Waals surface area (Å²) in [6, 6.07) is 0.0123. The second kappa shape index (κ2) is 6.68. The summed E-state index contributed by atoms with van der Waals surface area (Å²) in [5.41, 5.74) is 0. The number of nitrogens with one attached hydrogen (secondary N) is 2. The second-order valence-corrected chi connectivity index (χ2v) is 3.56. The van der Waals surface area contributed by atoms with Crippen molar-refractivity contribution in [3.8, 4) is 6.07 Å². The van der Waals surface area contributed by atoms with E-state index in [1.165, 1.54) is 0 Å². The minimum absolute atomic E-state index is 0.406. The average Bonchev–Trinajstić information content (AvgIpc) is 2.22. The molecule has 0 radical (unpaired) electrons. The third-order valence-corrected chi connectivity index (χ3v) is 2.10. The third-order valence-electron chi connectivity index (χ3n) is 2.10. The summed E-state index contributed by atoms with van der Waals surface area (Å²) < 4.78 is 36.9. The topological polar surface area (TPSA) is 102 Å². The number of carboxylic acid groups (broad SMARTS) is 1. The fourth-order valence-corrected chi connectivity index (χ4v) is 1.12. The van der Waals surface area contributed by atoms with Gasteiger partial charge in [-0.1, -0.05) is 6.92 Å². The molecule has 0 rings (SSSR count). The summed E-state index contributed by atoms with van der Waals surface area (Å²) in [5, 5.41) is 20.3. The van der Waals surface area contributed by atoms with Crippen LogP contribution in [0.15, 0.2) is 0 Å². The molecule has 2 unspecified atom stereocenters. The Bertz CT molecular complexity index is 351. The Balaban J connectivity index is 4.64. The highest BCUT2D eigenvalue weighted by atomic mass is 19.4. The van der Waals surface area contributed by atoms with Gasteiger partial charge in [0.25, 0.3) is 0 Å². The SMILES string of the molecule is CC(CC(NC(=O)O)C(=O)NCC#N)C(F)(F)F. The number of rotatable bonds is 5. The van der Waals surface area contributed by atoms with Gasteiger partial charge in [-0.15, -0.1) is 0 Å². The maximum absolute atomic E-state index is 12.3. The minimum atomic E-state index is -4.52. The number of hydrogen-bond donors (Lipinski definition) is 3. The van der Waals surface area contributed by atoms with Crippen LogP contribution in [0.3, 0.4) is 0 Å². The van der Waals surface area contributed by atoms with Crippen molar-refractivity contribution in [2.45, 2.75) is 25.6 Å². The molecular formula is C9H12F3N3O3. The maximum Gasteiger partial charge on any atom is 0.405 e. The zero-order chi connectivity index (χ0) is 14.3. The first kappa shape index (κ1) is 16.0. The van der Waals surface area contributed by atoms with Gasteiger partial charge in [0, 0.05) is 0 Å². The molecule has 0 aromatic heterocycles. The Morgan fingerprint density at radius 3 is 2.39 bits per heavy atom. The molecule has 9 heteroatoms. The number of alkyl halides is 3. The van der Waals surface area contributed by atoms with E-state index in [-0.39, 0.29) is 0 Å². The van der Waals surface area contributed by atoms with Gasteiger partial charge >= 0.3 is 12.3 Å². The van der Waals surface area contributed by atoms with E-state index in [9.17, 15) is 22.8 Å². The number of carbonyl (C=O) groups excluding carboxylic acids is 1. The van der Waals surface area contributed by atoms with Crippen molar-refractivity contribution in [3.63, 3.8) is 0 Å². The Morgan fingerprint density at radius 2 is 2.00 bits per heavy atom. The third kappa shape index (κ3) is 5.93. The fourth-order valence-electron chi connectivity index (χ4n) is 1.12.